The highest BCUT2D eigenvalue weighted by Gasteiger charge is 2.25. The number of unbranched alkanes of at least 4 members (excludes halogenated alkanes) is 1. The van der Waals surface area contributed by atoms with Gasteiger partial charge in [0, 0.05) is 21.8 Å². The van der Waals surface area contributed by atoms with Crippen LogP contribution in [-0.2, 0) is 0 Å². The zero-order chi connectivity index (χ0) is 14.4. The molecule has 4 heteroatoms. The standard InChI is InChI=1S/C16H21BrClNO/c17-15-5-3-13(4-6-15)16(20)14-7-11-19(12-8-14)10-2-1-9-18/h3-6,14H,1-2,7-12H2. The second-order valence-electron chi connectivity index (χ2n) is 5.38. The predicted molar refractivity (Wildman–Crippen MR) is 87.6 cm³/mol. The van der Waals surface area contributed by atoms with Crippen molar-refractivity contribution in [3.05, 3.63) is 34.3 Å². The highest BCUT2D eigenvalue weighted by Crippen LogP contribution is 2.23. The number of benzene rings is 1. The Bertz CT molecular complexity index is 427. The van der Waals surface area contributed by atoms with Crippen LogP contribution in [0.2, 0.25) is 0 Å². The van der Waals surface area contributed by atoms with Gasteiger partial charge in [0.25, 0.3) is 0 Å². The maximum atomic E-state index is 12.4. The molecule has 1 saturated heterocycles. The van der Waals surface area contributed by atoms with Gasteiger partial charge in [0.05, 0.1) is 0 Å². The van der Waals surface area contributed by atoms with Gasteiger partial charge < -0.3 is 4.90 Å². The van der Waals surface area contributed by atoms with E-state index in [0.29, 0.717) is 5.78 Å². The van der Waals surface area contributed by atoms with Crippen molar-refractivity contribution < 1.29 is 4.79 Å². The molecule has 1 heterocycles. The van der Waals surface area contributed by atoms with Crippen LogP contribution in [0.25, 0.3) is 0 Å². The van der Waals surface area contributed by atoms with Gasteiger partial charge >= 0.3 is 0 Å². The molecule has 0 aliphatic carbocycles. The minimum atomic E-state index is 0.195. The average Bonchev–Trinajstić information content (AvgIpc) is 2.48. The van der Waals surface area contributed by atoms with Crippen molar-refractivity contribution in [3.63, 3.8) is 0 Å². The third kappa shape index (κ3) is 4.57. The summed E-state index contributed by atoms with van der Waals surface area (Å²) in [5, 5.41) is 0. The lowest BCUT2D eigenvalue weighted by Gasteiger charge is -2.31. The van der Waals surface area contributed by atoms with Gasteiger partial charge in [-0.05, 0) is 57.5 Å². The lowest BCUT2D eigenvalue weighted by molar-refractivity contribution is 0.0839. The normalized spacial score (nSPS) is 17.3. The summed E-state index contributed by atoms with van der Waals surface area (Å²) in [6.45, 7) is 3.19. The molecule has 0 aromatic heterocycles. The maximum Gasteiger partial charge on any atom is 0.166 e. The van der Waals surface area contributed by atoms with Gasteiger partial charge in [-0.3, -0.25) is 4.79 Å². The van der Waals surface area contributed by atoms with Crippen molar-refractivity contribution in [3.8, 4) is 0 Å². The summed E-state index contributed by atoms with van der Waals surface area (Å²) in [4.78, 5) is 14.9. The maximum absolute atomic E-state index is 12.4. The third-order valence-electron chi connectivity index (χ3n) is 3.95. The van der Waals surface area contributed by atoms with E-state index in [9.17, 15) is 4.79 Å². The zero-order valence-electron chi connectivity index (χ0n) is 11.7. The van der Waals surface area contributed by atoms with Crippen LogP contribution in [0.4, 0.5) is 0 Å². The Morgan fingerprint density at radius 2 is 1.85 bits per heavy atom. The quantitative estimate of drug-likeness (QED) is 0.428. The predicted octanol–water partition coefficient (Wildman–Crippen LogP) is 4.36. The fourth-order valence-electron chi connectivity index (χ4n) is 2.70. The fourth-order valence-corrected chi connectivity index (χ4v) is 3.15. The number of likely N-dealkylation sites (tertiary alicyclic amines) is 1. The molecule has 110 valence electrons. The van der Waals surface area contributed by atoms with Crippen molar-refractivity contribution in [1.29, 1.82) is 0 Å². The number of ketones is 1. The van der Waals surface area contributed by atoms with E-state index in [0.717, 1.165) is 61.2 Å². The van der Waals surface area contributed by atoms with Crippen molar-refractivity contribution >= 4 is 33.3 Å². The van der Waals surface area contributed by atoms with Crippen LogP contribution in [-0.4, -0.2) is 36.2 Å². The molecule has 0 bridgehead atoms. The first-order valence-corrected chi connectivity index (χ1v) is 8.61. The van der Waals surface area contributed by atoms with E-state index >= 15 is 0 Å². The summed E-state index contributed by atoms with van der Waals surface area (Å²) in [6.07, 6.45) is 4.21. The van der Waals surface area contributed by atoms with E-state index in [1.807, 2.05) is 24.3 Å². The van der Waals surface area contributed by atoms with Gasteiger partial charge in [0.1, 0.15) is 0 Å². The van der Waals surface area contributed by atoms with E-state index in [1.54, 1.807) is 0 Å². The largest absolute Gasteiger partial charge is 0.303 e. The van der Waals surface area contributed by atoms with Crippen molar-refractivity contribution in [2.45, 2.75) is 25.7 Å². The molecule has 0 N–H and O–H groups in total. The number of hydrogen-bond donors (Lipinski definition) is 0. The van der Waals surface area contributed by atoms with Crippen LogP contribution >= 0.6 is 27.5 Å². The molecule has 0 radical (unpaired) electrons. The smallest absolute Gasteiger partial charge is 0.166 e. The summed E-state index contributed by atoms with van der Waals surface area (Å²) in [7, 11) is 0. The number of Topliss-reactive ketones (excluding diaryl/α,β-unsaturated/α-hetero) is 1. The summed E-state index contributed by atoms with van der Waals surface area (Å²) < 4.78 is 1.02. The van der Waals surface area contributed by atoms with E-state index in [2.05, 4.69) is 20.8 Å². The van der Waals surface area contributed by atoms with Crippen LogP contribution in [0.1, 0.15) is 36.0 Å². The molecule has 2 rings (SSSR count). The van der Waals surface area contributed by atoms with E-state index < -0.39 is 0 Å². The first-order chi connectivity index (χ1) is 9.70. The van der Waals surface area contributed by atoms with Crippen LogP contribution in [0, 0.1) is 5.92 Å². The lowest BCUT2D eigenvalue weighted by atomic mass is 9.89. The fraction of sp³-hybridized carbons (Fsp3) is 0.562. The van der Waals surface area contributed by atoms with Gasteiger partial charge in [-0.1, -0.05) is 28.1 Å². The second-order valence-corrected chi connectivity index (χ2v) is 6.68. The van der Waals surface area contributed by atoms with Crippen molar-refractivity contribution in [2.24, 2.45) is 5.92 Å². The lowest BCUT2D eigenvalue weighted by Crippen LogP contribution is -2.36. The number of nitrogens with zero attached hydrogens (tertiary/aromatic N) is 1. The molecule has 1 aromatic rings. The Hall–Kier alpha value is -0.380. The SMILES string of the molecule is O=C(c1ccc(Br)cc1)C1CCN(CCCCCl)CC1. The van der Waals surface area contributed by atoms with E-state index in [-0.39, 0.29) is 5.92 Å². The molecule has 1 aromatic carbocycles. The summed E-state index contributed by atoms with van der Waals surface area (Å²) >= 11 is 9.10. The number of carbonyl (C=O) groups excluding carboxylic acids is 1. The molecule has 0 atom stereocenters. The van der Waals surface area contributed by atoms with E-state index in [1.165, 1.54) is 0 Å². The Kier molecular flexibility index (Phi) is 6.53. The van der Waals surface area contributed by atoms with E-state index in [4.69, 9.17) is 11.6 Å². The zero-order valence-corrected chi connectivity index (χ0v) is 14.0. The summed E-state index contributed by atoms with van der Waals surface area (Å²) in [5.41, 5.74) is 0.841. The first kappa shape index (κ1) is 16.0. The molecule has 0 spiro atoms. The van der Waals surface area contributed by atoms with Crippen molar-refractivity contribution in [1.82, 2.24) is 4.90 Å². The summed E-state index contributed by atoms with van der Waals surface area (Å²) in [6, 6.07) is 7.71. The first-order valence-electron chi connectivity index (χ1n) is 7.29. The molecular weight excluding hydrogens is 338 g/mol. The Morgan fingerprint density at radius 3 is 2.45 bits per heavy atom. The monoisotopic (exact) mass is 357 g/mol. The molecule has 1 aliphatic heterocycles. The molecule has 20 heavy (non-hydrogen) atoms. The van der Waals surface area contributed by atoms with Gasteiger partial charge in [-0.2, -0.15) is 0 Å². The molecular formula is C16H21BrClNO. The highest BCUT2D eigenvalue weighted by molar-refractivity contribution is 9.10. The molecule has 0 saturated carbocycles. The van der Waals surface area contributed by atoms with Gasteiger partial charge in [0.2, 0.25) is 0 Å². The molecule has 1 aliphatic rings. The molecule has 0 unspecified atom stereocenters. The van der Waals surface area contributed by atoms with Gasteiger partial charge in [0.15, 0.2) is 5.78 Å². The Balaban J connectivity index is 1.81. The van der Waals surface area contributed by atoms with Crippen LogP contribution in [0.5, 0.6) is 0 Å². The number of piperidine rings is 1. The molecule has 1 fully saturated rings. The minimum Gasteiger partial charge on any atom is -0.303 e. The van der Waals surface area contributed by atoms with Gasteiger partial charge in [-0.25, -0.2) is 0 Å². The topological polar surface area (TPSA) is 20.3 Å². The number of rotatable bonds is 6. The Morgan fingerprint density at radius 1 is 1.20 bits per heavy atom. The summed E-state index contributed by atoms with van der Waals surface area (Å²) in [5.74, 6) is 1.25. The van der Waals surface area contributed by atoms with Gasteiger partial charge in [-0.15, -0.1) is 11.6 Å². The molecule has 0 amide bonds. The number of alkyl halides is 1. The number of hydrogen-bond acceptors (Lipinski definition) is 2. The van der Waals surface area contributed by atoms with Crippen LogP contribution < -0.4 is 0 Å². The second kappa shape index (κ2) is 8.16. The molecule has 2 nitrogen and oxygen atoms in total. The average molecular weight is 359 g/mol. The third-order valence-corrected chi connectivity index (χ3v) is 4.74. The Labute approximate surface area is 134 Å². The number of carbonyl (C=O) groups is 1. The van der Waals surface area contributed by atoms with Crippen LogP contribution in [0.15, 0.2) is 28.7 Å². The highest BCUT2D eigenvalue weighted by atomic mass is 79.9. The number of halogens is 2. The van der Waals surface area contributed by atoms with Crippen LogP contribution in [0.3, 0.4) is 0 Å². The van der Waals surface area contributed by atoms with Crippen molar-refractivity contribution in [2.75, 3.05) is 25.5 Å². The minimum absolute atomic E-state index is 0.195.